The summed E-state index contributed by atoms with van der Waals surface area (Å²) in [5, 5.41) is 1.08. The van der Waals surface area contributed by atoms with Crippen LogP contribution in [0.25, 0.3) is 10.9 Å². The Hall–Kier alpha value is -2.65. The van der Waals surface area contributed by atoms with Crippen molar-refractivity contribution in [2.75, 3.05) is 39.5 Å². The lowest BCUT2D eigenvalue weighted by Crippen LogP contribution is -2.57. The van der Waals surface area contributed by atoms with E-state index in [1.165, 1.54) is 0 Å². The molecule has 0 saturated carbocycles. The van der Waals surface area contributed by atoms with Crippen LogP contribution in [0.3, 0.4) is 0 Å². The number of rotatable bonds is 6. The number of aromatic nitrogens is 2. The number of halogens is 4. The van der Waals surface area contributed by atoms with Crippen molar-refractivity contribution in [2.24, 2.45) is 5.92 Å². The number of hydrogen-bond acceptors (Lipinski definition) is 4. The Morgan fingerprint density at radius 2 is 1.97 bits per heavy atom. The number of fused-ring (bicyclic) bond motifs is 6. The van der Waals surface area contributed by atoms with Gasteiger partial charge in [0.05, 0.1) is 18.8 Å². The maximum Gasteiger partial charge on any atom is 0.401 e. The summed E-state index contributed by atoms with van der Waals surface area (Å²) in [5.41, 5.74) is 3.62. The predicted octanol–water partition coefficient (Wildman–Crippen LogP) is 4.84. The third-order valence-electron chi connectivity index (χ3n) is 8.13. The van der Waals surface area contributed by atoms with Crippen molar-refractivity contribution < 1.29 is 22.3 Å². The van der Waals surface area contributed by atoms with Crippen LogP contribution in [0.4, 0.5) is 17.6 Å². The topological polar surface area (TPSA) is 44.4 Å². The zero-order valence-electron chi connectivity index (χ0n) is 20.2. The average Bonchev–Trinajstić information content (AvgIpc) is 3.37. The summed E-state index contributed by atoms with van der Waals surface area (Å²) in [6.45, 7) is 3.28. The van der Waals surface area contributed by atoms with Crippen molar-refractivity contribution in [3.63, 3.8) is 0 Å². The van der Waals surface area contributed by atoms with E-state index < -0.39 is 18.3 Å². The van der Waals surface area contributed by atoms with Crippen LogP contribution in [0.2, 0.25) is 0 Å². The molecule has 192 valence electrons. The molecule has 9 heteroatoms. The molecule has 1 fully saturated rings. The van der Waals surface area contributed by atoms with Gasteiger partial charge in [-0.15, -0.1) is 0 Å². The summed E-state index contributed by atoms with van der Waals surface area (Å²) in [5.74, 6) is 0.614. The van der Waals surface area contributed by atoms with Gasteiger partial charge < -0.3 is 9.72 Å². The Balaban J connectivity index is 1.34. The molecule has 1 spiro atoms. The number of nitrogens with one attached hydrogen (secondary N) is 1. The van der Waals surface area contributed by atoms with Gasteiger partial charge in [-0.2, -0.15) is 13.2 Å². The normalized spacial score (nSPS) is 24.8. The van der Waals surface area contributed by atoms with Gasteiger partial charge in [-0.25, -0.2) is 4.98 Å². The van der Waals surface area contributed by atoms with Gasteiger partial charge in [-0.1, -0.05) is 18.2 Å². The van der Waals surface area contributed by atoms with Crippen LogP contribution in [0, 0.1) is 5.92 Å². The molecule has 2 aliphatic heterocycles. The lowest BCUT2D eigenvalue weighted by atomic mass is 9.78. The number of aromatic amines is 1. The maximum absolute atomic E-state index is 13.8. The number of pyridine rings is 1. The van der Waals surface area contributed by atoms with Gasteiger partial charge in [-0.3, -0.25) is 14.2 Å². The molecule has 6 rings (SSSR count). The largest absolute Gasteiger partial charge is 0.476 e. The van der Waals surface area contributed by atoms with E-state index >= 15 is 0 Å². The highest BCUT2D eigenvalue weighted by molar-refractivity contribution is 5.86. The van der Waals surface area contributed by atoms with E-state index in [-0.39, 0.29) is 18.6 Å². The number of ether oxygens (including phenoxy) is 1. The first-order valence-corrected chi connectivity index (χ1v) is 12.6. The maximum atomic E-state index is 13.8. The third-order valence-corrected chi connectivity index (χ3v) is 8.13. The van der Waals surface area contributed by atoms with Crippen molar-refractivity contribution in [3.8, 4) is 5.88 Å². The Morgan fingerprint density at radius 3 is 2.75 bits per heavy atom. The molecule has 1 N–H and O–H groups in total. The smallest absolute Gasteiger partial charge is 0.401 e. The first kappa shape index (κ1) is 23.7. The summed E-state index contributed by atoms with van der Waals surface area (Å²) in [4.78, 5) is 12.0. The molecule has 1 saturated heterocycles. The van der Waals surface area contributed by atoms with Gasteiger partial charge in [0.1, 0.15) is 6.61 Å². The molecule has 0 unspecified atom stereocenters. The van der Waals surface area contributed by atoms with Crippen molar-refractivity contribution in [2.45, 2.75) is 43.9 Å². The zero-order valence-corrected chi connectivity index (χ0v) is 20.2. The molecule has 1 aromatic carbocycles. The van der Waals surface area contributed by atoms with Crippen LogP contribution < -0.4 is 4.74 Å². The Kier molecular flexibility index (Phi) is 5.75. The summed E-state index contributed by atoms with van der Waals surface area (Å²) in [6, 6.07) is 11.3. The second-order valence-electron chi connectivity index (χ2n) is 10.5. The first-order chi connectivity index (χ1) is 17.3. The SMILES string of the molecule is C[C@@H]1Cc2c([nH]c3ccccc23)[C@]2(CCc3nc(OCCN4CC(CF)C4)ccc32)N1CC(F)(F)F. The third kappa shape index (κ3) is 3.87. The number of aryl methyl sites for hydroxylation is 1. The molecule has 2 aromatic heterocycles. The number of H-pyrrole nitrogens is 1. The van der Waals surface area contributed by atoms with Crippen LogP contribution >= 0.6 is 0 Å². The fourth-order valence-corrected chi connectivity index (χ4v) is 6.53. The number of nitrogens with zero attached hydrogens (tertiary/aromatic N) is 3. The van der Waals surface area contributed by atoms with E-state index in [2.05, 4.69) is 9.88 Å². The first-order valence-electron chi connectivity index (χ1n) is 12.6. The number of benzene rings is 1. The van der Waals surface area contributed by atoms with Crippen molar-refractivity contribution in [1.29, 1.82) is 0 Å². The monoisotopic (exact) mass is 502 g/mol. The molecule has 0 bridgehead atoms. The van der Waals surface area contributed by atoms with E-state index in [0.717, 1.165) is 46.5 Å². The van der Waals surface area contributed by atoms with Crippen LogP contribution in [0.1, 0.15) is 35.9 Å². The van der Waals surface area contributed by atoms with Crippen molar-refractivity contribution in [1.82, 2.24) is 19.8 Å². The molecule has 3 aliphatic rings. The quantitative estimate of drug-likeness (QED) is 0.490. The van der Waals surface area contributed by atoms with Crippen LogP contribution in [0.15, 0.2) is 36.4 Å². The second-order valence-corrected chi connectivity index (χ2v) is 10.5. The summed E-state index contributed by atoms with van der Waals surface area (Å²) >= 11 is 0. The van der Waals surface area contributed by atoms with Crippen molar-refractivity contribution in [3.05, 3.63) is 58.9 Å². The molecule has 36 heavy (non-hydrogen) atoms. The van der Waals surface area contributed by atoms with Crippen LogP contribution in [-0.4, -0.2) is 71.4 Å². The Labute approximate surface area is 207 Å². The van der Waals surface area contributed by atoms with Gasteiger partial charge in [0.25, 0.3) is 0 Å². The lowest BCUT2D eigenvalue weighted by Gasteiger charge is -2.49. The molecule has 0 radical (unpaired) electrons. The predicted molar refractivity (Wildman–Crippen MR) is 129 cm³/mol. The number of para-hydroxylation sites is 1. The van der Waals surface area contributed by atoms with E-state index in [0.29, 0.717) is 38.3 Å². The molecule has 4 heterocycles. The summed E-state index contributed by atoms with van der Waals surface area (Å²) in [6.07, 6.45) is -2.66. The highest BCUT2D eigenvalue weighted by Gasteiger charge is 2.54. The van der Waals surface area contributed by atoms with Crippen LogP contribution in [0.5, 0.6) is 5.88 Å². The Bertz CT molecular complexity index is 1270. The standard InChI is InChI=1S/C27H30F4N4O/c1-17-12-20-19-4-2-3-5-22(19)33-25(20)26(35(17)16-27(29,30)31)9-8-23-21(26)6-7-24(32-23)36-11-10-34-14-18(13-28)15-34/h2-7,17-18,33H,8-16H2,1H3/t17-,26-/m1/s1. The minimum Gasteiger partial charge on any atom is -0.476 e. The van der Waals surface area contributed by atoms with Gasteiger partial charge in [0.2, 0.25) is 5.88 Å². The minimum absolute atomic E-state index is 0.131. The van der Waals surface area contributed by atoms with Gasteiger partial charge in [0.15, 0.2) is 0 Å². The number of likely N-dealkylation sites (tertiary alicyclic amines) is 1. The van der Waals surface area contributed by atoms with Gasteiger partial charge >= 0.3 is 6.18 Å². The fourth-order valence-electron chi connectivity index (χ4n) is 6.53. The van der Waals surface area contributed by atoms with E-state index in [1.807, 2.05) is 37.3 Å². The van der Waals surface area contributed by atoms with E-state index in [9.17, 15) is 17.6 Å². The second kappa shape index (κ2) is 8.73. The summed E-state index contributed by atoms with van der Waals surface area (Å²) in [7, 11) is 0. The number of hydrogen-bond donors (Lipinski definition) is 1. The van der Waals surface area contributed by atoms with E-state index in [1.54, 1.807) is 11.0 Å². The van der Waals surface area contributed by atoms with Gasteiger partial charge in [0, 0.05) is 65.5 Å². The van der Waals surface area contributed by atoms with Crippen LogP contribution in [-0.2, 0) is 18.4 Å². The lowest BCUT2D eigenvalue weighted by molar-refractivity contribution is -0.165. The Morgan fingerprint density at radius 1 is 1.17 bits per heavy atom. The number of alkyl halides is 4. The highest BCUT2D eigenvalue weighted by Crippen LogP contribution is 2.52. The molecule has 3 aromatic rings. The molecule has 0 amide bonds. The van der Waals surface area contributed by atoms with E-state index in [4.69, 9.17) is 9.72 Å². The average molecular weight is 503 g/mol. The minimum atomic E-state index is -4.32. The molecular weight excluding hydrogens is 472 g/mol. The molecular formula is C27H30F4N4O. The molecule has 5 nitrogen and oxygen atoms in total. The highest BCUT2D eigenvalue weighted by atomic mass is 19.4. The summed E-state index contributed by atoms with van der Waals surface area (Å²) < 4.78 is 60.0. The van der Waals surface area contributed by atoms with Crippen molar-refractivity contribution >= 4 is 10.9 Å². The zero-order chi connectivity index (χ0) is 25.1. The fraction of sp³-hybridized carbons (Fsp3) is 0.519. The van der Waals surface area contributed by atoms with Gasteiger partial charge in [-0.05, 0) is 43.9 Å². The molecule has 1 aliphatic carbocycles. The molecule has 2 atom stereocenters.